The first kappa shape index (κ1) is 10.6. The van der Waals surface area contributed by atoms with Gasteiger partial charge in [0.05, 0.1) is 0 Å². The van der Waals surface area contributed by atoms with Crippen LogP contribution in [0.1, 0.15) is 19.8 Å². The maximum absolute atomic E-state index is 5.49. The summed E-state index contributed by atoms with van der Waals surface area (Å²) >= 11 is -3.42. The Morgan fingerprint density at radius 1 is 1.33 bits per heavy atom. The zero-order valence-electron chi connectivity index (χ0n) is 5.16. The molecule has 0 rings (SSSR count). The van der Waals surface area contributed by atoms with Crippen LogP contribution in [0.4, 0.5) is 0 Å². The number of hydrogen-bond donors (Lipinski definition) is 0. The van der Waals surface area contributed by atoms with Gasteiger partial charge in [-0.2, -0.15) is 0 Å². The molecule has 0 heterocycles. The van der Waals surface area contributed by atoms with Gasteiger partial charge in [-0.3, -0.25) is 0 Å². The summed E-state index contributed by atoms with van der Waals surface area (Å²) in [5.74, 6) is 0. The zero-order chi connectivity index (χ0) is 7.33. The molecule has 0 amide bonds. The van der Waals surface area contributed by atoms with Crippen molar-refractivity contribution in [3.05, 3.63) is 0 Å². The average Bonchev–Trinajstić information content (AvgIpc) is 1.63. The van der Waals surface area contributed by atoms with E-state index >= 15 is 0 Å². The van der Waals surface area contributed by atoms with E-state index in [2.05, 4.69) is 6.92 Å². The van der Waals surface area contributed by atoms with E-state index in [-0.39, 0.29) is 0 Å². The van der Waals surface area contributed by atoms with E-state index in [1.807, 2.05) is 0 Å². The van der Waals surface area contributed by atoms with E-state index in [4.69, 9.17) is 29.5 Å². The molecule has 0 atom stereocenters. The molecular weight excluding hydrogens is 292 g/mol. The van der Waals surface area contributed by atoms with Crippen molar-refractivity contribution in [3.63, 3.8) is 0 Å². The topological polar surface area (TPSA) is 9.23 Å². The monoisotopic (exact) mass is 300 g/mol. The van der Waals surface area contributed by atoms with Crippen molar-refractivity contribution in [2.24, 2.45) is 0 Å². The Morgan fingerprint density at radius 2 is 1.89 bits per heavy atom. The molecule has 5 heteroatoms. The molecule has 0 aromatic carbocycles. The van der Waals surface area contributed by atoms with Gasteiger partial charge in [-0.1, -0.05) is 0 Å². The number of halogens is 3. The van der Waals surface area contributed by atoms with E-state index in [0.717, 1.165) is 12.8 Å². The first-order chi connectivity index (χ1) is 4.06. The van der Waals surface area contributed by atoms with Gasteiger partial charge in [-0.25, -0.2) is 0 Å². The van der Waals surface area contributed by atoms with Gasteiger partial charge >= 0.3 is 71.7 Å². The summed E-state index contributed by atoms with van der Waals surface area (Å²) in [6.07, 6.45) is 2.05. The van der Waals surface area contributed by atoms with Gasteiger partial charge in [0.25, 0.3) is 0 Å². The molecule has 0 radical (unpaired) electrons. The van der Waals surface area contributed by atoms with Crippen molar-refractivity contribution in [1.82, 2.24) is 0 Å². The van der Waals surface area contributed by atoms with Gasteiger partial charge in [-0.15, -0.1) is 0 Å². The second kappa shape index (κ2) is 5.32. The predicted molar refractivity (Wildman–Crippen MR) is 45.6 cm³/mol. The molecular formula is C4H10Cl3OSb. The number of rotatable bonds is 4. The number of unbranched alkanes of at least 4 members (excludes halogenated alkanes) is 1. The maximum atomic E-state index is 5.49. The third-order valence-corrected chi connectivity index (χ3v) is 4.48. The molecule has 58 valence electrons. The molecule has 0 bridgehead atoms. The van der Waals surface area contributed by atoms with Crippen LogP contribution in [0.3, 0.4) is 0 Å². The third-order valence-electron chi connectivity index (χ3n) is 0.764. The summed E-state index contributed by atoms with van der Waals surface area (Å²) in [5, 5.41) is 0. The molecule has 1 nitrogen and oxygen atoms in total. The molecule has 0 fully saturated rings. The van der Waals surface area contributed by atoms with E-state index in [0.29, 0.717) is 6.61 Å². The van der Waals surface area contributed by atoms with Crippen molar-refractivity contribution in [3.8, 4) is 0 Å². The Bertz CT molecular complexity index is 72.7. The van der Waals surface area contributed by atoms with Crippen LogP contribution in [0.25, 0.3) is 0 Å². The van der Waals surface area contributed by atoms with Gasteiger partial charge in [0.2, 0.25) is 0 Å². The van der Waals surface area contributed by atoms with Gasteiger partial charge in [-0.05, 0) is 0 Å². The minimum atomic E-state index is -3.42. The van der Waals surface area contributed by atoms with Crippen LogP contribution in [-0.4, -0.2) is 22.4 Å². The molecule has 0 aliphatic rings. The Kier molecular flexibility index (Phi) is 6.29. The summed E-state index contributed by atoms with van der Waals surface area (Å²) in [7, 11) is 16.5. The summed E-state index contributed by atoms with van der Waals surface area (Å²) in [6.45, 7) is 2.67. The fourth-order valence-corrected chi connectivity index (χ4v) is 2.96. The van der Waals surface area contributed by atoms with Crippen LogP contribution in [0.5, 0.6) is 0 Å². The fourth-order valence-electron chi connectivity index (χ4n) is 0.332. The van der Waals surface area contributed by atoms with Crippen molar-refractivity contribution in [2.45, 2.75) is 19.8 Å². The third kappa shape index (κ3) is 9.65. The molecule has 0 aliphatic heterocycles. The molecule has 0 spiro atoms. The summed E-state index contributed by atoms with van der Waals surface area (Å²) in [6, 6.07) is 0. The van der Waals surface area contributed by atoms with Crippen molar-refractivity contribution in [2.75, 3.05) is 6.61 Å². The van der Waals surface area contributed by atoms with Gasteiger partial charge in [0.15, 0.2) is 0 Å². The van der Waals surface area contributed by atoms with Crippen molar-refractivity contribution in [1.29, 1.82) is 0 Å². The first-order valence-electron chi connectivity index (χ1n) is 2.77. The van der Waals surface area contributed by atoms with Crippen molar-refractivity contribution < 1.29 is 3.02 Å². The summed E-state index contributed by atoms with van der Waals surface area (Å²) in [5.41, 5.74) is 0. The van der Waals surface area contributed by atoms with Gasteiger partial charge < -0.3 is 0 Å². The predicted octanol–water partition coefficient (Wildman–Crippen LogP) is 2.69. The Labute approximate surface area is 71.2 Å². The standard InChI is InChI=1S/C4H9O.3ClH.Sb.H/c1-2-3-4-5;;;;;/h2-4H2,1H3;3*1H;;/q-1;;;;+4;/p-3. The molecule has 0 saturated carbocycles. The Morgan fingerprint density at radius 3 is 2.22 bits per heavy atom. The second-order valence-corrected chi connectivity index (χ2v) is 19.6. The molecule has 0 aromatic heterocycles. The van der Waals surface area contributed by atoms with Crippen LogP contribution in [0, 0.1) is 0 Å². The summed E-state index contributed by atoms with van der Waals surface area (Å²) < 4.78 is 4.98. The van der Waals surface area contributed by atoms with Crippen LogP contribution >= 0.6 is 26.5 Å². The van der Waals surface area contributed by atoms with Crippen LogP contribution in [-0.2, 0) is 3.02 Å². The van der Waals surface area contributed by atoms with Gasteiger partial charge in [0.1, 0.15) is 0 Å². The molecule has 0 saturated heterocycles. The van der Waals surface area contributed by atoms with E-state index in [1.54, 1.807) is 0 Å². The zero-order valence-corrected chi connectivity index (χ0v) is 10.3. The molecule has 0 N–H and O–H groups in total. The average molecular weight is 302 g/mol. The van der Waals surface area contributed by atoms with E-state index in [1.165, 1.54) is 0 Å². The van der Waals surface area contributed by atoms with Crippen LogP contribution in [0.2, 0.25) is 0 Å². The van der Waals surface area contributed by atoms with E-state index in [9.17, 15) is 0 Å². The van der Waals surface area contributed by atoms with E-state index < -0.39 is 15.8 Å². The molecule has 0 unspecified atom stereocenters. The first-order valence-corrected chi connectivity index (χ1v) is 14.8. The normalized spacial score (nSPS) is 13.8. The summed E-state index contributed by atoms with van der Waals surface area (Å²) in [4.78, 5) is 0. The molecule has 0 aromatic rings. The SMILES string of the molecule is CCCC[O][SbH]([Cl])([Cl])[Cl]. The van der Waals surface area contributed by atoms with Gasteiger partial charge in [0, 0.05) is 0 Å². The molecule has 0 aliphatic carbocycles. The number of hydrogen-bond acceptors (Lipinski definition) is 1. The Balaban J connectivity index is 3.07. The fraction of sp³-hybridized carbons (Fsp3) is 1.00. The second-order valence-electron chi connectivity index (χ2n) is 1.65. The quantitative estimate of drug-likeness (QED) is 0.573. The molecule has 9 heavy (non-hydrogen) atoms. The minimum absolute atomic E-state index is 0.600. The van der Waals surface area contributed by atoms with Crippen LogP contribution in [0.15, 0.2) is 0 Å². The van der Waals surface area contributed by atoms with Crippen LogP contribution < -0.4 is 0 Å². The Hall–Kier alpha value is 1.65. The van der Waals surface area contributed by atoms with Crippen molar-refractivity contribution >= 4 is 42.3 Å².